The average molecular weight is 484 g/mol. The lowest BCUT2D eigenvalue weighted by atomic mass is 10.2. The van der Waals surface area contributed by atoms with Crippen LogP contribution in [-0.4, -0.2) is 72.3 Å². The molecule has 32 heavy (non-hydrogen) atoms. The molecule has 0 spiro atoms. The van der Waals surface area contributed by atoms with Crippen LogP contribution in [0.15, 0.2) is 18.5 Å². The van der Waals surface area contributed by atoms with Gasteiger partial charge in [-0.2, -0.15) is 4.98 Å². The quantitative estimate of drug-likeness (QED) is 0.644. The van der Waals surface area contributed by atoms with Crippen LogP contribution in [-0.2, 0) is 9.53 Å². The number of aromatic nitrogens is 3. The van der Waals surface area contributed by atoms with Crippen molar-refractivity contribution in [1.29, 1.82) is 0 Å². The van der Waals surface area contributed by atoms with Gasteiger partial charge < -0.3 is 19.9 Å². The molecule has 1 N–H and O–H groups in total. The van der Waals surface area contributed by atoms with Gasteiger partial charge in [-0.15, -0.1) is 0 Å². The lowest BCUT2D eigenvalue weighted by Crippen LogP contribution is -2.47. The van der Waals surface area contributed by atoms with Crippen molar-refractivity contribution >= 4 is 52.5 Å². The Bertz CT molecular complexity index is 1040. The van der Waals surface area contributed by atoms with Gasteiger partial charge in [0.05, 0.1) is 31.2 Å². The highest BCUT2D eigenvalue weighted by Crippen LogP contribution is 2.28. The third-order valence-corrected chi connectivity index (χ3v) is 5.60. The Balaban J connectivity index is 1.40. The highest BCUT2D eigenvalue weighted by atomic mass is 35.5. The Hall–Kier alpha value is -2.92. The van der Waals surface area contributed by atoms with E-state index in [4.69, 9.17) is 27.9 Å². The van der Waals surface area contributed by atoms with Crippen molar-refractivity contribution in [3.8, 4) is 0 Å². The standard InChI is InChI=1S/C19H20Cl2FN7O3/c1-11(30)23-8-13-10-29(19(31)32-13)12-6-15(22)17(24-7-12)28-4-2-27(3-5-28)16-14(20)9-25-18(21)26-16/h6-7,9,13H,2-5,8,10H2,1H3,(H,23,30)/t13-/m0/s1. The molecular formula is C19H20Cl2FN7O3. The summed E-state index contributed by atoms with van der Waals surface area (Å²) in [5.41, 5.74) is 0.294. The number of pyridine rings is 1. The summed E-state index contributed by atoms with van der Waals surface area (Å²) in [6.07, 6.45) is 1.77. The molecule has 2 aliphatic rings. The molecule has 4 heterocycles. The Morgan fingerprint density at radius 1 is 1.19 bits per heavy atom. The van der Waals surface area contributed by atoms with E-state index in [0.29, 0.717) is 42.7 Å². The molecule has 170 valence electrons. The van der Waals surface area contributed by atoms with Gasteiger partial charge in [-0.05, 0) is 11.6 Å². The zero-order valence-corrected chi connectivity index (χ0v) is 18.6. The number of rotatable bonds is 5. The lowest BCUT2D eigenvalue weighted by Gasteiger charge is -2.36. The summed E-state index contributed by atoms with van der Waals surface area (Å²) in [6.45, 7) is 3.83. The van der Waals surface area contributed by atoms with Crippen LogP contribution in [0.25, 0.3) is 0 Å². The van der Waals surface area contributed by atoms with Gasteiger partial charge in [-0.1, -0.05) is 11.6 Å². The van der Waals surface area contributed by atoms with Crippen molar-refractivity contribution in [2.75, 3.05) is 54.0 Å². The Kier molecular flexibility index (Phi) is 6.47. The van der Waals surface area contributed by atoms with E-state index in [1.54, 1.807) is 0 Å². The Morgan fingerprint density at radius 3 is 2.53 bits per heavy atom. The van der Waals surface area contributed by atoms with Gasteiger partial charge in [0.2, 0.25) is 11.2 Å². The maximum atomic E-state index is 14.9. The van der Waals surface area contributed by atoms with E-state index in [2.05, 4.69) is 20.3 Å². The number of carbonyl (C=O) groups is 2. The number of halogens is 3. The van der Waals surface area contributed by atoms with Crippen molar-refractivity contribution in [1.82, 2.24) is 20.3 Å². The van der Waals surface area contributed by atoms with Crippen LogP contribution in [0.1, 0.15) is 6.92 Å². The highest BCUT2D eigenvalue weighted by molar-refractivity contribution is 6.33. The van der Waals surface area contributed by atoms with E-state index in [-0.39, 0.29) is 30.1 Å². The number of hydrogen-bond acceptors (Lipinski definition) is 8. The number of hydrogen-bond donors (Lipinski definition) is 1. The third-order valence-electron chi connectivity index (χ3n) is 5.15. The van der Waals surface area contributed by atoms with E-state index >= 15 is 0 Å². The van der Waals surface area contributed by atoms with Crippen LogP contribution >= 0.6 is 23.2 Å². The van der Waals surface area contributed by atoms with Crippen LogP contribution in [0.2, 0.25) is 10.3 Å². The first-order valence-corrected chi connectivity index (χ1v) is 10.6. The van der Waals surface area contributed by atoms with Gasteiger partial charge in [0.15, 0.2) is 17.5 Å². The highest BCUT2D eigenvalue weighted by Gasteiger charge is 2.33. The molecule has 1 atom stereocenters. The van der Waals surface area contributed by atoms with Crippen molar-refractivity contribution in [2.45, 2.75) is 13.0 Å². The fourth-order valence-electron chi connectivity index (χ4n) is 3.59. The van der Waals surface area contributed by atoms with E-state index in [1.165, 1.54) is 30.3 Å². The summed E-state index contributed by atoms with van der Waals surface area (Å²) < 4.78 is 20.1. The first-order chi connectivity index (χ1) is 15.3. The van der Waals surface area contributed by atoms with Crippen LogP contribution in [0.3, 0.4) is 0 Å². The van der Waals surface area contributed by atoms with Crippen LogP contribution in [0.5, 0.6) is 0 Å². The molecule has 2 aliphatic heterocycles. The number of anilines is 3. The number of nitrogens with one attached hydrogen (secondary N) is 1. The molecule has 2 aromatic rings. The average Bonchev–Trinajstić information content (AvgIpc) is 3.15. The Labute approximate surface area is 193 Å². The predicted octanol–water partition coefficient (Wildman–Crippen LogP) is 2.11. The van der Waals surface area contributed by atoms with Gasteiger partial charge in [0.25, 0.3) is 0 Å². The largest absolute Gasteiger partial charge is 0.442 e. The smallest absolute Gasteiger partial charge is 0.414 e. The number of ether oxygens (including phenoxy) is 1. The van der Waals surface area contributed by atoms with Crippen molar-refractivity contribution in [3.05, 3.63) is 34.6 Å². The van der Waals surface area contributed by atoms with Crippen molar-refractivity contribution in [2.24, 2.45) is 0 Å². The molecule has 2 aromatic heterocycles. The summed E-state index contributed by atoms with van der Waals surface area (Å²) in [6, 6.07) is 1.26. The van der Waals surface area contributed by atoms with Gasteiger partial charge in [-0.25, -0.2) is 19.2 Å². The molecule has 10 nitrogen and oxygen atoms in total. The van der Waals surface area contributed by atoms with Gasteiger partial charge >= 0.3 is 6.09 Å². The van der Waals surface area contributed by atoms with Crippen molar-refractivity contribution < 1.29 is 18.7 Å². The maximum Gasteiger partial charge on any atom is 0.414 e. The lowest BCUT2D eigenvalue weighted by molar-refractivity contribution is -0.119. The molecule has 4 rings (SSSR count). The minimum atomic E-state index is -0.608. The molecule has 0 saturated carbocycles. The molecule has 2 saturated heterocycles. The van der Waals surface area contributed by atoms with Gasteiger partial charge in [0, 0.05) is 39.2 Å². The van der Waals surface area contributed by atoms with Gasteiger partial charge in [-0.3, -0.25) is 9.69 Å². The fourth-order valence-corrected chi connectivity index (χ4v) is 3.93. The minimum Gasteiger partial charge on any atom is -0.442 e. The topological polar surface area (TPSA) is 104 Å². The summed E-state index contributed by atoms with van der Waals surface area (Å²) in [4.78, 5) is 40.5. The molecule has 0 aromatic carbocycles. The Morgan fingerprint density at radius 2 is 1.88 bits per heavy atom. The summed E-state index contributed by atoms with van der Waals surface area (Å²) in [5.74, 6) is -0.0297. The molecule has 0 bridgehead atoms. The first kappa shape index (κ1) is 22.3. The summed E-state index contributed by atoms with van der Waals surface area (Å²) >= 11 is 12.0. The van der Waals surface area contributed by atoms with Gasteiger partial charge in [0.1, 0.15) is 11.1 Å². The second kappa shape index (κ2) is 9.29. The molecule has 0 radical (unpaired) electrons. The van der Waals surface area contributed by atoms with Crippen molar-refractivity contribution in [3.63, 3.8) is 0 Å². The molecule has 13 heteroatoms. The van der Waals surface area contributed by atoms with Crippen LogP contribution in [0.4, 0.5) is 26.5 Å². The normalized spacial score (nSPS) is 18.7. The van der Waals surface area contributed by atoms with E-state index in [1.807, 2.05) is 9.80 Å². The third kappa shape index (κ3) is 4.78. The zero-order valence-electron chi connectivity index (χ0n) is 17.1. The molecule has 2 amide bonds. The number of amides is 2. The number of piperazine rings is 1. The predicted molar refractivity (Wildman–Crippen MR) is 117 cm³/mol. The molecular weight excluding hydrogens is 464 g/mol. The monoisotopic (exact) mass is 483 g/mol. The minimum absolute atomic E-state index is 0.106. The number of nitrogens with zero attached hydrogens (tertiary/aromatic N) is 6. The second-order valence-corrected chi connectivity index (χ2v) is 8.08. The fraction of sp³-hybridized carbons (Fsp3) is 0.421. The first-order valence-electron chi connectivity index (χ1n) is 9.88. The maximum absolute atomic E-state index is 14.9. The molecule has 0 unspecified atom stereocenters. The van der Waals surface area contributed by atoms with E-state index < -0.39 is 18.0 Å². The molecule has 0 aliphatic carbocycles. The van der Waals surface area contributed by atoms with E-state index in [9.17, 15) is 14.0 Å². The molecule has 2 fully saturated rings. The second-order valence-electron chi connectivity index (χ2n) is 7.34. The summed E-state index contributed by atoms with van der Waals surface area (Å²) in [5, 5.41) is 3.10. The summed E-state index contributed by atoms with van der Waals surface area (Å²) in [7, 11) is 0. The SMILES string of the molecule is CC(=O)NC[C@H]1CN(c2cnc(N3CCN(c4nc(Cl)ncc4Cl)CC3)c(F)c2)C(=O)O1. The van der Waals surface area contributed by atoms with E-state index in [0.717, 1.165) is 0 Å². The number of carbonyl (C=O) groups excluding carboxylic acids is 2. The number of cyclic esters (lactones) is 1. The van der Waals surface area contributed by atoms with Crippen LogP contribution < -0.4 is 20.0 Å². The van der Waals surface area contributed by atoms with Crippen LogP contribution in [0, 0.1) is 5.82 Å². The zero-order chi connectivity index (χ0) is 22.8.